The highest BCUT2D eigenvalue weighted by Gasteiger charge is 2.09. The van der Waals surface area contributed by atoms with Crippen LogP contribution in [0.15, 0.2) is 40.7 Å². The van der Waals surface area contributed by atoms with Crippen LogP contribution in [0.25, 0.3) is 0 Å². The van der Waals surface area contributed by atoms with Gasteiger partial charge in [-0.25, -0.2) is 4.98 Å². The van der Waals surface area contributed by atoms with E-state index in [4.69, 9.17) is 0 Å². The standard InChI is InChI=1S/C19H27N5OS/c1-4-20-19(24(3)13-17-14-26-15(2)23-17)21-11-10-18(25)22-12-16-8-6-5-7-9-16/h5-9,14H,4,10-13H2,1-3H3,(H,20,21)(H,22,25). The van der Waals surface area contributed by atoms with E-state index < -0.39 is 0 Å². The van der Waals surface area contributed by atoms with Gasteiger partial charge in [0.2, 0.25) is 5.91 Å². The van der Waals surface area contributed by atoms with Crippen molar-refractivity contribution >= 4 is 23.2 Å². The maximum absolute atomic E-state index is 12.0. The Bertz CT molecular complexity index is 714. The average molecular weight is 374 g/mol. The molecule has 1 amide bonds. The molecule has 7 heteroatoms. The Balaban J connectivity index is 1.80. The molecule has 1 aromatic carbocycles. The van der Waals surface area contributed by atoms with E-state index in [1.807, 2.05) is 56.1 Å². The van der Waals surface area contributed by atoms with E-state index in [1.54, 1.807) is 11.3 Å². The molecule has 0 atom stereocenters. The van der Waals surface area contributed by atoms with Crippen LogP contribution >= 0.6 is 11.3 Å². The maximum atomic E-state index is 12.0. The van der Waals surface area contributed by atoms with Crippen LogP contribution in [-0.4, -0.2) is 41.9 Å². The molecule has 6 nitrogen and oxygen atoms in total. The fourth-order valence-electron chi connectivity index (χ4n) is 2.42. The van der Waals surface area contributed by atoms with Gasteiger partial charge >= 0.3 is 0 Å². The van der Waals surface area contributed by atoms with Gasteiger partial charge in [-0.1, -0.05) is 30.3 Å². The average Bonchev–Trinajstić information content (AvgIpc) is 3.04. The Morgan fingerprint density at radius 1 is 1.27 bits per heavy atom. The number of aryl methyl sites for hydroxylation is 1. The van der Waals surface area contributed by atoms with E-state index in [0.717, 1.165) is 28.8 Å². The molecule has 0 spiro atoms. The summed E-state index contributed by atoms with van der Waals surface area (Å²) in [6.07, 6.45) is 0.366. The minimum Gasteiger partial charge on any atom is -0.357 e. The van der Waals surface area contributed by atoms with Crippen LogP contribution < -0.4 is 10.6 Å². The SMILES string of the molecule is CCNC(=NCCC(=O)NCc1ccccc1)N(C)Cc1csc(C)n1. The predicted molar refractivity (Wildman–Crippen MR) is 107 cm³/mol. The van der Waals surface area contributed by atoms with Crippen molar-refractivity contribution in [2.75, 3.05) is 20.1 Å². The van der Waals surface area contributed by atoms with Crippen molar-refractivity contribution < 1.29 is 4.79 Å². The second-order valence-electron chi connectivity index (χ2n) is 5.96. The Hall–Kier alpha value is -2.41. The highest BCUT2D eigenvalue weighted by Crippen LogP contribution is 2.09. The second-order valence-corrected chi connectivity index (χ2v) is 7.02. The van der Waals surface area contributed by atoms with Crippen LogP contribution in [-0.2, 0) is 17.9 Å². The van der Waals surface area contributed by atoms with E-state index in [0.29, 0.717) is 26.1 Å². The number of hydrogen-bond donors (Lipinski definition) is 2. The van der Waals surface area contributed by atoms with E-state index in [-0.39, 0.29) is 5.91 Å². The summed E-state index contributed by atoms with van der Waals surface area (Å²) in [6.45, 7) is 6.50. The topological polar surface area (TPSA) is 69.6 Å². The van der Waals surface area contributed by atoms with Crippen LogP contribution in [0.5, 0.6) is 0 Å². The smallest absolute Gasteiger partial charge is 0.222 e. The van der Waals surface area contributed by atoms with Crippen LogP contribution in [0.3, 0.4) is 0 Å². The molecular formula is C19H27N5OS. The molecular weight excluding hydrogens is 346 g/mol. The monoisotopic (exact) mass is 373 g/mol. The molecule has 0 saturated carbocycles. The largest absolute Gasteiger partial charge is 0.357 e. The minimum atomic E-state index is 0.00577. The molecule has 2 N–H and O–H groups in total. The summed E-state index contributed by atoms with van der Waals surface area (Å²) in [5.41, 5.74) is 2.12. The normalized spacial score (nSPS) is 11.3. The number of nitrogens with one attached hydrogen (secondary N) is 2. The molecule has 0 radical (unpaired) electrons. The summed E-state index contributed by atoms with van der Waals surface area (Å²) in [4.78, 5) is 23.1. The molecule has 0 bridgehead atoms. The number of thiazole rings is 1. The van der Waals surface area contributed by atoms with E-state index in [1.165, 1.54) is 0 Å². The summed E-state index contributed by atoms with van der Waals surface area (Å²) >= 11 is 1.65. The van der Waals surface area contributed by atoms with Gasteiger partial charge in [0.05, 0.1) is 23.8 Å². The molecule has 26 heavy (non-hydrogen) atoms. The molecule has 2 rings (SSSR count). The Morgan fingerprint density at radius 2 is 2.04 bits per heavy atom. The fraction of sp³-hybridized carbons (Fsp3) is 0.421. The number of aliphatic imine (C=N–C) groups is 1. The summed E-state index contributed by atoms with van der Waals surface area (Å²) in [5, 5.41) is 9.31. The van der Waals surface area contributed by atoms with Crippen molar-refractivity contribution in [3.8, 4) is 0 Å². The summed E-state index contributed by atoms with van der Waals surface area (Å²) in [6, 6.07) is 9.89. The van der Waals surface area contributed by atoms with E-state index in [9.17, 15) is 4.79 Å². The van der Waals surface area contributed by atoms with Crippen molar-refractivity contribution in [1.82, 2.24) is 20.5 Å². The van der Waals surface area contributed by atoms with Crippen LogP contribution in [0.2, 0.25) is 0 Å². The molecule has 0 fully saturated rings. The lowest BCUT2D eigenvalue weighted by Gasteiger charge is -2.21. The first kappa shape index (κ1) is 19.9. The van der Waals surface area contributed by atoms with Gasteiger partial charge in [0.15, 0.2) is 5.96 Å². The van der Waals surface area contributed by atoms with Crippen LogP contribution in [0, 0.1) is 6.92 Å². The van der Waals surface area contributed by atoms with Gasteiger partial charge in [0.25, 0.3) is 0 Å². The Morgan fingerprint density at radius 3 is 2.69 bits per heavy atom. The molecule has 1 heterocycles. The first-order chi connectivity index (χ1) is 12.6. The molecule has 0 aliphatic carbocycles. The van der Waals surface area contributed by atoms with Gasteiger partial charge in [-0.3, -0.25) is 9.79 Å². The number of benzene rings is 1. The second kappa shape index (κ2) is 10.6. The molecule has 2 aromatic rings. The first-order valence-corrected chi connectivity index (χ1v) is 9.67. The number of guanidine groups is 1. The maximum Gasteiger partial charge on any atom is 0.222 e. The third-order valence-electron chi connectivity index (χ3n) is 3.70. The van der Waals surface area contributed by atoms with Crippen molar-refractivity contribution in [1.29, 1.82) is 0 Å². The minimum absolute atomic E-state index is 0.00577. The number of amides is 1. The zero-order valence-electron chi connectivity index (χ0n) is 15.7. The van der Waals surface area contributed by atoms with Gasteiger partial charge in [-0.2, -0.15) is 0 Å². The lowest BCUT2D eigenvalue weighted by Crippen LogP contribution is -2.38. The van der Waals surface area contributed by atoms with Crippen molar-refractivity contribution in [2.24, 2.45) is 4.99 Å². The Labute approximate surface area is 159 Å². The van der Waals surface area contributed by atoms with Crippen molar-refractivity contribution in [2.45, 2.75) is 33.4 Å². The number of aromatic nitrogens is 1. The molecule has 140 valence electrons. The molecule has 0 saturated heterocycles. The first-order valence-electron chi connectivity index (χ1n) is 8.79. The number of rotatable bonds is 8. The third-order valence-corrected chi connectivity index (χ3v) is 4.52. The van der Waals surface area contributed by atoms with Gasteiger partial charge < -0.3 is 15.5 Å². The predicted octanol–water partition coefficient (Wildman–Crippen LogP) is 2.56. The van der Waals surface area contributed by atoms with Crippen molar-refractivity contribution in [3.63, 3.8) is 0 Å². The number of carbonyl (C=O) groups is 1. The van der Waals surface area contributed by atoms with Gasteiger partial charge in [-0.05, 0) is 19.4 Å². The van der Waals surface area contributed by atoms with Gasteiger partial charge in [0, 0.05) is 31.9 Å². The lowest BCUT2D eigenvalue weighted by atomic mass is 10.2. The summed E-state index contributed by atoms with van der Waals surface area (Å²) < 4.78 is 0. The van der Waals surface area contributed by atoms with Gasteiger partial charge in [0.1, 0.15) is 0 Å². The quantitative estimate of drug-likeness (QED) is 0.551. The lowest BCUT2D eigenvalue weighted by molar-refractivity contribution is -0.121. The van der Waals surface area contributed by atoms with E-state index >= 15 is 0 Å². The van der Waals surface area contributed by atoms with Crippen LogP contribution in [0.1, 0.15) is 29.6 Å². The number of carbonyl (C=O) groups excluding carboxylic acids is 1. The highest BCUT2D eigenvalue weighted by atomic mass is 32.1. The molecule has 0 unspecified atom stereocenters. The number of nitrogens with zero attached hydrogens (tertiary/aromatic N) is 3. The zero-order valence-corrected chi connectivity index (χ0v) is 16.5. The molecule has 1 aromatic heterocycles. The zero-order chi connectivity index (χ0) is 18.8. The Kier molecular flexibility index (Phi) is 8.08. The van der Waals surface area contributed by atoms with Crippen molar-refractivity contribution in [3.05, 3.63) is 52.0 Å². The molecule has 0 aliphatic heterocycles. The fourth-order valence-corrected chi connectivity index (χ4v) is 3.02. The highest BCUT2D eigenvalue weighted by molar-refractivity contribution is 7.09. The summed E-state index contributed by atoms with van der Waals surface area (Å²) in [7, 11) is 1.98. The summed E-state index contributed by atoms with van der Waals surface area (Å²) in [5.74, 6) is 0.792. The van der Waals surface area contributed by atoms with Crippen LogP contribution in [0.4, 0.5) is 0 Å². The third kappa shape index (κ3) is 6.84. The van der Waals surface area contributed by atoms with E-state index in [2.05, 4.69) is 26.0 Å². The molecule has 0 aliphatic rings. The number of hydrogen-bond acceptors (Lipinski definition) is 4. The van der Waals surface area contributed by atoms with Gasteiger partial charge in [-0.15, -0.1) is 11.3 Å².